The van der Waals surface area contributed by atoms with Gasteiger partial charge in [0.1, 0.15) is 17.1 Å². The molecule has 1 unspecified atom stereocenters. The largest absolute Gasteiger partial charge is 0.505 e. The summed E-state index contributed by atoms with van der Waals surface area (Å²) in [6.45, 7) is 1.99. The molecule has 27 heavy (non-hydrogen) atoms. The van der Waals surface area contributed by atoms with Crippen molar-refractivity contribution in [3.8, 4) is 5.75 Å². The van der Waals surface area contributed by atoms with Gasteiger partial charge in [0.05, 0.1) is 6.04 Å². The third kappa shape index (κ3) is 3.19. The van der Waals surface area contributed by atoms with Crippen LogP contribution in [0.2, 0.25) is 0 Å². The number of phenolic OH excluding ortho intramolecular Hbond substituents is 1. The Hall–Kier alpha value is -3.47. The van der Waals surface area contributed by atoms with Crippen molar-refractivity contribution in [3.05, 3.63) is 90.0 Å². The van der Waals surface area contributed by atoms with Crippen LogP contribution in [0.1, 0.15) is 22.7 Å². The molecule has 4 aromatic rings. The predicted octanol–water partition coefficient (Wildman–Crippen LogP) is 4.26. The van der Waals surface area contributed by atoms with Gasteiger partial charge in [0.25, 0.3) is 0 Å². The number of pyridine rings is 3. The number of aromatic hydroxyl groups is 1. The molecular formula is C22H20N4O. The quantitative estimate of drug-likeness (QED) is 0.592. The first-order chi connectivity index (χ1) is 13.1. The first-order valence-electron chi connectivity index (χ1n) is 8.77. The van der Waals surface area contributed by atoms with E-state index in [0.717, 1.165) is 27.9 Å². The average molecular weight is 356 g/mol. The molecule has 4 rings (SSSR count). The van der Waals surface area contributed by atoms with Crippen LogP contribution >= 0.6 is 0 Å². The molecule has 5 nitrogen and oxygen atoms in total. The molecule has 0 aliphatic carbocycles. The number of phenols is 1. The molecule has 3 aromatic heterocycles. The minimum Gasteiger partial charge on any atom is -0.505 e. The van der Waals surface area contributed by atoms with E-state index in [1.807, 2.05) is 73.6 Å². The number of nitrogens with zero attached hydrogens (tertiary/aromatic N) is 4. The maximum atomic E-state index is 11.0. The second kappa shape index (κ2) is 7.03. The zero-order valence-corrected chi connectivity index (χ0v) is 15.2. The fourth-order valence-corrected chi connectivity index (χ4v) is 3.38. The van der Waals surface area contributed by atoms with E-state index in [0.29, 0.717) is 5.52 Å². The fraction of sp³-hybridized carbons (Fsp3) is 0.136. The van der Waals surface area contributed by atoms with E-state index in [1.54, 1.807) is 18.6 Å². The van der Waals surface area contributed by atoms with Crippen molar-refractivity contribution in [1.29, 1.82) is 0 Å². The Bertz CT molecular complexity index is 1070. The summed E-state index contributed by atoms with van der Waals surface area (Å²) in [4.78, 5) is 15.2. The predicted molar refractivity (Wildman–Crippen MR) is 107 cm³/mol. The molecule has 0 saturated heterocycles. The first-order valence-corrected chi connectivity index (χ1v) is 8.77. The average Bonchev–Trinajstić information content (AvgIpc) is 2.71. The highest BCUT2D eigenvalue weighted by molar-refractivity contribution is 5.86. The molecule has 0 bridgehead atoms. The number of benzene rings is 1. The third-order valence-electron chi connectivity index (χ3n) is 4.69. The summed E-state index contributed by atoms with van der Waals surface area (Å²) >= 11 is 0. The molecule has 0 aliphatic rings. The molecule has 0 radical (unpaired) electrons. The number of hydrogen-bond acceptors (Lipinski definition) is 5. The summed E-state index contributed by atoms with van der Waals surface area (Å²) in [6, 6.07) is 15.4. The van der Waals surface area contributed by atoms with Crippen LogP contribution in [0, 0.1) is 6.92 Å². The molecule has 134 valence electrons. The van der Waals surface area contributed by atoms with Gasteiger partial charge >= 0.3 is 0 Å². The Morgan fingerprint density at radius 2 is 1.85 bits per heavy atom. The van der Waals surface area contributed by atoms with Gasteiger partial charge in [-0.2, -0.15) is 0 Å². The third-order valence-corrected chi connectivity index (χ3v) is 4.69. The molecule has 0 amide bonds. The van der Waals surface area contributed by atoms with E-state index < -0.39 is 0 Å². The summed E-state index contributed by atoms with van der Waals surface area (Å²) in [6.07, 6.45) is 7.09. The Balaban J connectivity index is 1.90. The van der Waals surface area contributed by atoms with E-state index in [9.17, 15) is 5.11 Å². The number of rotatable bonds is 4. The smallest absolute Gasteiger partial charge is 0.147 e. The molecule has 5 heteroatoms. The minimum absolute atomic E-state index is 0.184. The van der Waals surface area contributed by atoms with Crippen LogP contribution < -0.4 is 4.90 Å². The van der Waals surface area contributed by atoms with Gasteiger partial charge in [0, 0.05) is 42.8 Å². The van der Waals surface area contributed by atoms with E-state index >= 15 is 0 Å². The van der Waals surface area contributed by atoms with Crippen molar-refractivity contribution in [2.75, 3.05) is 11.9 Å². The van der Waals surface area contributed by atoms with Crippen LogP contribution in [0.25, 0.3) is 10.9 Å². The van der Waals surface area contributed by atoms with Crippen LogP contribution in [0.15, 0.2) is 73.3 Å². The van der Waals surface area contributed by atoms with E-state index in [2.05, 4.69) is 15.0 Å². The van der Waals surface area contributed by atoms with Crippen LogP contribution in [0.4, 0.5) is 5.82 Å². The van der Waals surface area contributed by atoms with Gasteiger partial charge in [-0.15, -0.1) is 0 Å². The van der Waals surface area contributed by atoms with Gasteiger partial charge < -0.3 is 10.0 Å². The van der Waals surface area contributed by atoms with E-state index in [1.165, 1.54) is 0 Å². The fourth-order valence-electron chi connectivity index (χ4n) is 3.38. The number of aromatic nitrogens is 3. The SMILES string of the molecule is Cc1cnc2c(O)c(C(c3cccnc3)N(C)c3ccccn3)ccc2c1. The van der Waals surface area contributed by atoms with E-state index in [4.69, 9.17) is 0 Å². The normalized spacial score (nSPS) is 12.1. The monoisotopic (exact) mass is 356 g/mol. The van der Waals surface area contributed by atoms with Crippen LogP contribution in [0.5, 0.6) is 5.75 Å². The van der Waals surface area contributed by atoms with Gasteiger partial charge in [-0.05, 0) is 42.3 Å². The molecule has 0 saturated carbocycles. The number of fused-ring (bicyclic) bond motifs is 1. The molecule has 1 atom stereocenters. The number of anilines is 1. The summed E-state index contributed by atoms with van der Waals surface area (Å²) in [7, 11) is 1.96. The maximum absolute atomic E-state index is 11.0. The van der Waals surface area contributed by atoms with Crippen LogP contribution in [-0.2, 0) is 0 Å². The van der Waals surface area contributed by atoms with Crippen molar-refractivity contribution >= 4 is 16.7 Å². The summed E-state index contributed by atoms with van der Waals surface area (Å²) < 4.78 is 0. The molecule has 0 spiro atoms. The summed E-state index contributed by atoms with van der Waals surface area (Å²) in [5, 5.41) is 12.0. The lowest BCUT2D eigenvalue weighted by atomic mass is 9.96. The highest BCUT2D eigenvalue weighted by Crippen LogP contribution is 2.38. The molecular weight excluding hydrogens is 336 g/mol. The zero-order chi connectivity index (χ0) is 18.8. The van der Waals surface area contributed by atoms with Crippen LogP contribution in [-0.4, -0.2) is 27.1 Å². The summed E-state index contributed by atoms with van der Waals surface area (Å²) in [5.74, 6) is 0.992. The second-order valence-electron chi connectivity index (χ2n) is 6.58. The lowest BCUT2D eigenvalue weighted by Crippen LogP contribution is -2.26. The van der Waals surface area contributed by atoms with Crippen molar-refractivity contribution in [3.63, 3.8) is 0 Å². The minimum atomic E-state index is -0.249. The van der Waals surface area contributed by atoms with Gasteiger partial charge in [-0.25, -0.2) is 4.98 Å². The molecule has 1 N–H and O–H groups in total. The van der Waals surface area contributed by atoms with Gasteiger partial charge in [-0.3, -0.25) is 9.97 Å². The molecule has 0 fully saturated rings. The van der Waals surface area contributed by atoms with Crippen molar-refractivity contribution < 1.29 is 5.11 Å². The maximum Gasteiger partial charge on any atom is 0.147 e. The van der Waals surface area contributed by atoms with Gasteiger partial charge in [-0.1, -0.05) is 24.3 Å². The highest BCUT2D eigenvalue weighted by Gasteiger charge is 2.25. The first kappa shape index (κ1) is 17.0. The van der Waals surface area contributed by atoms with Gasteiger partial charge in [0.15, 0.2) is 0 Å². The van der Waals surface area contributed by atoms with Crippen molar-refractivity contribution in [2.45, 2.75) is 13.0 Å². The highest BCUT2D eigenvalue weighted by atomic mass is 16.3. The zero-order valence-electron chi connectivity index (χ0n) is 15.2. The lowest BCUT2D eigenvalue weighted by molar-refractivity contribution is 0.469. The standard InChI is InChI=1S/C22H20N4O/c1-15-12-16-8-9-18(22(27)20(16)25-13-15)21(17-6-5-10-23-14-17)26(2)19-7-3-4-11-24-19/h3-14,21,27H,1-2H3. The second-order valence-corrected chi connectivity index (χ2v) is 6.58. The Labute approximate surface area is 158 Å². The van der Waals surface area contributed by atoms with Crippen molar-refractivity contribution in [2.24, 2.45) is 0 Å². The Kier molecular flexibility index (Phi) is 4.42. The molecule has 0 aliphatic heterocycles. The van der Waals surface area contributed by atoms with Crippen LogP contribution in [0.3, 0.4) is 0 Å². The summed E-state index contributed by atoms with van der Waals surface area (Å²) in [5.41, 5.74) is 3.39. The van der Waals surface area contributed by atoms with Gasteiger partial charge in [0.2, 0.25) is 0 Å². The molecule has 1 aromatic carbocycles. The van der Waals surface area contributed by atoms with Crippen molar-refractivity contribution in [1.82, 2.24) is 15.0 Å². The van der Waals surface area contributed by atoms with E-state index in [-0.39, 0.29) is 11.8 Å². The molecule has 3 heterocycles. The number of aryl methyl sites for hydroxylation is 1. The Morgan fingerprint density at radius 1 is 0.963 bits per heavy atom. The Morgan fingerprint density at radius 3 is 2.59 bits per heavy atom. The number of hydrogen-bond donors (Lipinski definition) is 1. The lowest BCUT2D eigenvalue weighted by Gasteiger charge is -2.30. The topological polar surface area (TPSA) is 62.1 Å².